The maximum atomic E-state index is 6.36. The summed E-state index contributed by atoms with van der Waals surface area (Å²) >= 11 is 6.36. The Hall–Kier alpha value is -0.730. The van der Waals surface area contributed by atoms with Crippen LogP contribution in [0.2, 0.25) is 5.02 Å². The second kappa shape index (κ2) is 8.44. The van der Waals surface area contributed by atoms with Crippen molar-refractivity contribution >= 4 is 17.3 Å². The highest BCUT2D eigenvalue weighted by Gasteiger charge is 2.05. The van der Waals surface area contributed by atoms with E-state index in [0.717, 1.165) is 24.7 Å². The van der Waals surface area contributed by atoms with Gasteiger partial charge in [0.15, 0.2) is 0 Å². The van der Waals surface area contributed by atoms with Crippen LogP contribution in [-0.2, 0) is 6.54 Å². The van der Waals surface area contributed by atoms with E-state index in [0.29, 0.717) is 5.92 Å². The SMILES string of the molecule is CCCCN(C)c1ccc(CNCC(C)C)c(Cl)c1. The molecule has 1 aromatic rings. The highest BCUT2D eigenvalue weighted by Crippen LogP contribution is 2.23. The summed E-state index contributed by atoms with van der Waals surface area (Å²) in [5.74, 6) is 0.665. The van der Waals surface area contributed by atoms with Crippen LogP contribution in [-0.4, -0.2) is 20.1 Å². The van der Waals surface area contributed by atoms with Gasteiger partial charge in [-0.05, 0) is 36.6 Å². The fourth-order valence-electron chi connectivity index (χ4n) is 1.94. The first-order chi connectivity index (χ1) is 9.04. The predicted octanol–water partition coefficient (Wildman–Crippen LogP) is 4.32. The number of hydrogen-bond donors (Lipinski definition) is 1. The smallest absolute Gasteiger partial charge is 0.0471 e. The summed E-state index contributed by atoms with van der Waals surface area (Å²) in [6.07, 6.45) is 2.43. The average molecular weight is 283 g/mol. The van der Waals surface area contributed by atoms with E-state index in [1.54, 1.807) is 0 Å². The summed E-state index contributed by atoms with van der Waals surface area (Å²) in [7, 11) is 2.12. The first kappa shape index (κ1) is 16.3. The van der Waals surface area contributed by atoms with Crippen LogP contribution in [0.5, 0.6) is 0 Å². The number of nitrogens with zero attached hydrogens (tertiary/aromatic N) is 1. The van der Waals surface area contributed by atoms with Crippen LogP contribution in [0.3, 0.4) is 0 Å². The highest BCUT2D eigenvalue weighted by molar-refractivity contribution is 6.31. The lowest BCUT2D eigenvalue weighted by molar-refractivity contribution is 0.552. The van der Waals surface area contributed by atoms with Gasteiger partial charge in [0.05, 0.1) is 0 Å². The maximum Gasteiger partial charge on any atom is 0.0471 e. The molecule has 0 atom stereocenters. The third kappa shape index (κ3) is 5.84. The molecule has 1 aromatic carbocycles. The predicted molar refractivity (Wildman–Crippen MR) is 86.2 cm³/mol. The summed E-state index contributed by atoms with van der Waals surface area (Å²) in [6.45, 7) is 9.58. The Morgan fingerprint density at radius 1 is 1.32 bits per heavy atom. The Balaban J connectivity index is 2.58. The topological polar surface area (TPSA) is 15.3 Å². The normalized spacial score (nSPS) is 11.1. The zero-order valence-corrected chi connectivity index (χ0v) is 13.4. The van der Waals surface area contributed by atoms with Crippen LogP contribution in [0.1, 0.15) is 39.2 Å². The minimum atomic E-state index is 0.665. The van der Waals surface area contributed by atoms with Crippen molar-refractivity contribution in [3.05, 3.63) is 28.8 Å². The average Bonchev–Trinajstić information content (AvgIpc) is 2.37. The second-order valence-electron chi connectivity index (χ2n) is 5.58. The number of halogens is 1. The molecule has 19 heavy (non-hydrogen) atoms. The molecule has 0 saturated carbocycles. The van der Waals surface area contributed by atoms with Crippen LogP contribution in [0.15, 0.2) is 18.2 Å². The van der Waals surface area contributed by atoms with Gasteiger partial charge in [0.1, 0.15) is 0 Å². The Labute approximate surface area is 123 Å². The van der Waals surface area contributed by atoms with Gasteiger partial charge in [-0.2, -0.15) is 0 Å². The van der Waals surface area contributed by atoms with E-state index >= 15 is 0 Å². The molecule has 1 rings (SSSR count). The lowest BCUT2D eigenvalue weighted by atomic mass is 10.1. The fourth-order valence-corrected chi connectivity index (χ4v) is 2.18. The van der Waals surface area contributed by atoms with Crippen LogP contribution in [0, 0.1) is 5.92 Å². The minimum Gasteiger partial charge on any atom is -0.375 e. The molecule has 0 aliphatic carbocycles. The number of nitrogens with one attached hydrogen (secondary N) is 1. The molecule has 0 amide bonds. The van der Waals surface area contributed by atoms with E-state index in [1.807, 2.05) is 0 Å². The molecule has 0 fully saturated rings. The molecule has 1 N–H and O–H groups in total. The third-order valence-corrected chi connectivity index (χ3v) is 3.54. The number of hydrogen-bond acceptors (Lipinski definition) is 2. The van der Waals surface area contributed by atoms with Crippen molar-refractivity contribution in [2.75, 3.05) is 25.0 Å². The molecule has 0 aliphatic rings. The zero-order chi connectivity index (χ0) is 14.3. The van der Waals surface area contributed by atoms with Crippen LogP contribution < -0.4 is 10.2 Å². The highest BCUT2D eigenvalue weighted by atomic mass is 35.5. The minimum absolute atomic E-state index is 0.665. The fraction of sp³-hybridized carbons (Fsp3) is 0.625. The van der Waals surface area contributed by atoms with Crippen molar-refractivity contribution in [3.63, 3.8) is 0 Å². The van der Waals surface area contributed by atoms with Crippen molar-refractivity contribution in [1.29, 1.82) is 0 Å². The lowest BCUT2D eigenvalue weighted by Gasteiger charge is -2.20. The first-order valence-corrected chi connectivity index (χ1v) is 7.62. The van der Waals surface area contributed by atoms with Gasteiger partial charge in [0, 0.05) is 30.8 Å². The molecule has 0 heterocycles. The largest absolute Gasteiger partial charge is 0.375 e. The van der Waals surface area contributed by atoms with Crippen molar-refractivity contribution in [1.82, 2.24) is 5.32 Å². The van der Waals surface area contributed by atoms with Gasteiger partial charge in [-0.25, -0.2) is 0 Å². The van der Waals surface area contributed by atoms with E-state index in [-0.39, 0.29) is 0 Å². The van der Waals surface area contributed by atoms with Gasteiger partial charge < -0.3 is 10.2 Å². The molecule has 0 radical (unpaired) electrons. The van der Waals surface area contributed by atoms with E-state index in [9.17, 15) is 0 Å². The molecule has 3 heteroatoms. The van der Waals surface area contributed by atoms with Gasteiger partial charge in [0.25, 0.3) is 0 Å². The standard InChI is InChI=1S/C16H27ClN2/c1-5-6-9-19(4)15-8-7-14(16(17)10-15)12-18-11-13(2)3/h7-8,10,13,18H,5-6,9,11-12H2,1-4H3. The van der Waals surface area contributed by atoms with Crippen molar-refractivity contribution in [2.24, 2.45) is 5.92 Å². The van der Waals surface area contributed by atoms with Gasteiger partial charge in [0.2, 0.25) is 0 Å². The number of unbranched alkanes of at least 4 members (excludes halogenated alkanes) is 1. The Bertz CT molecular complexity index is 377. The summed E-state index contributed by atoms with van der Waals surface area (Å²) in [6, 6.07) is 6.37. The van der Waals surface area contributed by atoms with Gasteiger partial charge in [-0.1, -0.05) is 44.9 Å². The Kier molecular flexibility index (Phi) is 7.25. The second-order valence-corrected chi connectivity index (χ2v) is 5.98. The van der Waals surface area contributed by atoms with Gasteiger partial charge in [-0.3, -0.25) is 0 Å². The number of anilines is 1. The lowest BCUT2D eigenvalue weighted by Crippen LogP contribution is -2.20. The van der Waals surface area contributed by atoms with Crippen molar-refractivity contribution in [3.8, 4) is 0 Å². The van der Waals surface area contributed by atoms with Crippen LogP contribution in [0.4, 0.5) is 5.69 Å². The first-order valence-electron chi connectivity index (χ1n) is 7.24. The van der Waals surface area contributed by atoms with Crippen molar-refractivity contribution < 1.29 is 0 Å². The Morgan fingerprint density at radius 3 is 2.63 bits per heavy atom. The third-order valence-electron chi connectivity index (χ3n) is 3.19. The summed E-state index contributed by atoms with van der Waals surface area (Å²) in [5, 5.41) is 4.29. The molecule has 0 unspecified atom stereocenters. The quantitative estimate of drug-likeness (QED) is 0.764. The van der Waals surface area contributed by atoms with Crippen LogP contribution in [0.25, 0.3) is 0 Å². The molecule has 0 saturated heterocycles. The zero-order valence-electron chi connectivity index (χ0n) is 12.7. The molecule has 108 valence electrons. The van der Waals surface area contributed by atoms with Crippen LogP contribution >= 0.6 is 11.6 Å². The summed E-state index contributed by atoms with van der Waals surface area (Å²) in [4.78, 5) is 2.26. The molecule has 2 nitrogen and oxygen atoms in total. The number of benzene rings is 1. The monoisotopic (exact) mass is 282 g/mol. The Morgan fingerprint density at radius 2 is 2.05 bits per heavy atom. The maximum absolute atomic E-state index is 6.36. The molecule has 0 spiro atoms. The molecule has 0 aromatic heterocycles. The number of rotatable bonds is 8. The molecular weight excluding hydrogens is 256 g/mol. The molecule has 0 aliphatic heterocycles. The van der Waals surface area contributed by atoms with E-state index in [2.05, 4.69) is 56.2 Å². The molecular formula is C16H27ClN2. The summed E-state index contributed by atoms with van der Waals surface area (Å²) < 4.78 is 0. The van der Waals surface area contributed by atoms with Gasteiger partial charge in [-0.15, -0.1) is 0 Å². The van der Waals surface area contributed by atoms with E-state index < -0.39 is 0 Å². The summed E-state index contributed by atoms with van der Waals surface area (Å²) in [5.41, 5.74) is 2.38. The molecule has 0 bridgehead atoms. The van der Waals surface area contributed by atoms with E-state index in [4.69, 9.17) is 11.6 Å². The van der Waals surface area contributed by atoms with Gasteiger partial charge >= 0.3 is 0 Å². The van der Waals surface area contributed by atoms with E-state index in [1.165, 1.54) is 24.1 Å². The van der Waals surface area contributed by atoms with Crippen molar-refractivity contribution in [2.45, 2.75) is 40.2 Å².